The maximum Gasteiger partial charge on any atom is 0.249 e. The van der Waals surface area contributed by atoms with Gasteiger partial charge in [0, 0.05) is 32.8 Å². The Hall–Kier alpha value is -1.29. The number of aliphatic hydroxyl groups excluding tert-OH is 2. The number of unbranched alkanes of at least 4 members (excludes halogenated alkanes) is 24. The molecule has 0 heterocycles. The number of allylic oxidation sites excluding steroid dienone is 4. The number of nitrogens with two attached hydrogens (primary N) is 1. The Bertz CT molecular complexity index is 804. The molecular formula is C46H90N2O6. The van der Waals surface area contributed by atoms with Crippen LogP contribution in [0.1, 0.15) is 194 Å². The lowest BCUT2D eigenvalue weighted by molar-refractivity contribution is -0.148. The summed E-state index contributed by atoms with van der Waals surface area (Å²) in [5.41, 5.74) is 5.82. The minimum Gasteiger partial charge on any atom is -0.395 e. The highest BCUT2D eigenvalue weighted by Gasteiger charge is 2.29. The molecule has 0 rings (SSSR count). The van der Waals surface area contributed by atoms with Crippen molar-refractivity contribution in [2.45, 2.75) is 206 Å². The zero-order valence-corrected chi connectivity index (χ0v) is 35.7. The number of carbonyl (C=O) groups is 1. The molecule has 8 nitrogen and oxygen atoms in total. The predicted octanol–water partition coefficient (Wildman–Crippen LogP) is 10.6. The normalized spacial score (nSPS) is 13.2. The van der Waals surface area contributed by atoms with Crippen molar-refractivity contribution in [1.82, 2.24) is 4.90 Å². The fraction of sp³-hybridized carbons (Fsp3) is 0.891. The molecule has 0 aromatic rings. The molecule has 0 aliphatic carbocycles. The summed E-state index contributed by atoms with van der Waals surface area (Å²) in [6.45, 7) is 7.61. The molecule has 0 aliphatic heterocycles. The number of hydrogen-bond acceptors (Lipinski definition) is 7. The van der Waals surface area contributed by atoms with Crippen molar-refractivity contribution in [3.05, 3.63) is 24.3 Å². The van der Waals surface area contributed by atoms with Gasteiger partial charge in [-0.05, 0) is 64.2 Å². The highest BCUT2D eigenvalue weighted by Crippen LogP contribution is 2.14. The lowest BCUT2D eigenvalue weighted by Crippen LogP contribution is -2.46. The van der Waals surface area contributed by atoms with Crippen molar-refractivity contribution in [1.29, 1.82) is 0 Å². The Labute approximate surface area is 334 Å². The number of aliphatic hydroxyl groups is 2. The molecule has 0 radical (unpaired) electrons. The lowest BCUT2D eigenvalue weighted by atomic mass is 10.1. The summed E-state index contributed by atoms with van der Waals surface area (Å²) in [5.74, 6) is -0.534. The second kappa shape index (κ2) is 44.4. The van der Waals surface area contributed by atoms with Crippen LogP contribution in [0.2, 0.25) is 0 Å². The maximum atomic E-state index is 12.5. The van der Waals surface area contributed by atoms with E-state index in [1.165, 1.54) is 148 Å². The van der Waals surface area contributed by atoms with E-state index in [0.717, 1.165) is 32.1 Å². The van der Waals surface area contributed by atoms with Gasteiger partial charge >= 0.3 is 0 Å². The van der Waals surface area contributed by atoms with Crippen LogP contribution in [0.3, 0.4) is 0 Å². The van der Waals surface area contributed by atoms with E-state index in [-0.39, 0.29) is 19.8 Å². The molecule has 0 saturated carbocycles. The van der Waals surface area contributed by atoms with E-state index in [9.17, 15) is 15.0 Å². The van der Waals surface area contributed by atoms with Crippen LogP contribution >= 0.6 is 0 Å². The Morgan fingerprint density at radius 3 is 1.31 bits per heavy atom. The fourth-order valence-corrected chi connectivity index (χ4v) is 6.76. The molecule has 0 aromatic heterocycles. The smallest absolute Gasteiger partial charge is 0.249 e. The first-order valence-electron chi connectivity index (χ1n) is 22.9. The van der Waals surface area contributed by atoms with Gasteiger partial charge in [-0.1, -0.05) is 154 Å². The van der Waals surface area contributed by atoms with Gasteiger partial charge in [0.25, 0.3) is 0 Å². The van der Waals surface area contributed by atoms with Crippen LogP contribution in [0.4, 0.5) is 0 Å². The third-order valence-corrected chi connectivity index (χ3v) is 10.2. The monoisotopic (exact) mass is 767 g/mol. The van der Waals surface area contributed by atoms with Crippen LogP contribution < -0.4 is 5.73 Å². The third kappa shape index (κ3) is 37.6. The summed E-state index contributed by atoms with van der Waals surface area (Å²) in [7, 11) is 0. The number of carbonyl (C=O) groups excluding carboxylic acids is 1. The summed E-state index contributed by atoms with van der Waals surface area (Å²) in [6, 6.07) is 0. The van der Waals surface area contributed by atoms with E-state index in [0.29, 0.717) is 39.5 Å². The van der Waals surface area contributed by atoms with Gasteiger partial charge in [-0.15, -0.1) is 0 Å². The maximum absolute atomic E-state index is 12.5. The molecule has 1 amide bonds. The minimum atomic E-state index is -0.878. The van der Waals surface area contributed by atoms with Gasteiger partial charge in [-0.2, -0.15) is 0 Å². The molecule has 2 atom stereocenters. The first-order valence-corrected chi connectivity index (χ1v) is 22.9. The summed E-state index contributed by atoms with van der Waals surface area (Å²) in [5, 5.41) is 18.7. The van der Waals surface area contributed by atoms with E-state index in [4.69, 9.17) is 19.9 Å². The number of hydrogen-bond donors (Lipinski definition) is 3. The molecule has 0 spiro atoms. The molecule has 2 unspecified atom stereocenters. The number of primary amides is 1. The van der Waals surface area contributed by atoms with Crippen molar-refractivity contribution < 1.29 is 29.2 Å². The average molecular weight is 767 g/mol. The zero-order chi connectivity index (χ0) is 39.4. The summed E-state index contributed by atoms with van der Waals surface area (Å²) in [4.78, 5) is 14.4. The van der Waals surface area contributed by atoms with Gasteiger partial charge in [0.05, 0.1) is 26.4 Å². The zero-order valence-electron chi connectivity index (χ0n) is 35.7. The molecule has 8 heteroatoms. The summed E-state index contributed by atoms with van der Waals surface area (Å²) < 4.78 is 18.2. The van der Waals surface area contributed by atoms with E-state index < -0.39 is 18.1 Å². The highest BCUT2D eigenvalue weighted by atomic mass is 16.6. The van der Waals surface area contributed by atoms with Gasteiger partial charge in [-0.25, -0.2) is 0 Å². The largest absolute Gasteiger partial charge is 0.395 e. The Kier molecular flexibility index (Phi) is 43.4. The SMILES string of the molecule is CCCCCCCC/C=C\CCCCCCCCOCC(OCCN(CCO)CCO)C(OCCCCCCCC/C=C\CCCCCCCC)C(N)=O. The quantitative estimate of drug-likeness (QED) is 0.0418. The van der Waals surface area contributed by atoms with E-state index in [1.807, 2.05) is 4.90 Å². The minimum absolute atomic E-state index is 0.00623. The van der Waals surface area contributed by atoms with Crippen LogP contribution in [0.5, 0.6) is 0 Å². The van der Waals surface area contributed by atoms with E-state index in [2.05, 4.69) is 38.2 Å². The molecular weight excluding hydrogens is 677 g/mol. The molecule has 0 bridgehead atoms. The van der Waals surface area contributed by atoms with Crippen LogP contribution in [-0.2, 0) is 19.0 Å². The lowest BCUT2D eigenvalue weighted by Gasteiger charge is -2.27. The number of rotatable bonds is 45. The number of nitrogens with zero attached hydrogens (tertiary/aromatic N) is 1. The summed E-state index contributed by atoms with van der Waals surface area (Å²) in [6.07, 6.45) is 43.1. The van der Waals surface area contributed by atoms with Gasteiger partial charge in [0.15, 0.2) is 6.10 Å². The van der Waals surface area contributed by atoms with Gasteiger partial charge in [0.2, 0.25) is 5.91 Å². The second-order valence-corrected chi connectivity index (χ2v) is 15.3. The van der Waals surface area contributed by atoms with Crippen LogP contribution in [0.25, 0.3) is 0 Å². The highest BCUT2D eigenvalue weighted by molar-refractivity contribution is 5.79. The molecule has 0 aliphatic rings. The predicted molar refractivity (Wildman–Crippen MR) is 229 cm³/mol. The topological polar surface area (TPSA) is 114 Å². The molecule has 0 saturated heterocycles. The first-order chi connectivity index (χ1) is 26.6. The molecule has 54 heavy (non-hydrogen) atoms. The van der Waals surface area contributed by atoms with Crippen LogP contribution in [0.15, 0.2) is 24.3 Å². The van der Waals surface area contributed by atoms with Gasteiger partial charge in [0.1, 0.15) is 6.10 Å². The van der Waals surface area contributed by atoms with E-state index >= 15 is 0 Å². The Morgan fingerprint density at radius 1 is 0.519 bits per heavy atom. The standard InChI is InChI=1S/C46H90N2O6/c1-3-5-7-9-11-13-15-17-19-21-23-25-27-29-31-33-40-52-43-44(53-42-37-48(35-38-49)36-39-50)45(46(47)51)54-41-34-32-30-28-26-24-22-20-18-16-14-12-10-8-6-4-2/h17-20,44-45,49-50H,3-16,21-43H2,1-2H3,(H2,47,51)/b19-17-,20-18-. The van der Waals surface area contributed by atoms with E-state index in [1.54, 1.807) is 0 Å². The third-order valence-electron chi connectivity index (χ3n) is 10.2. The van der Waals surface area contributed by atoms with Crippen molar-refractivity contribution in [2.75, 3.05) is 59.3 Å². The Balaban J connectivity index is 4.32. The molecule has 0 fully saturated rings. The van der Waals surface area contributed by atoms with Gasteiger partial charge in [-0.3, -0.25) is 9.69 Å². The molecule has 4 N–H and O–H groups in total. The van der Waals surface area contributed by atoms with Crippen LogP contribution in [0, 0.1) is 0 Å². The van der Waals surface area contributed by atoms with Crippen molar-refractivity contribution in [3.8, 4) is 0 Å². The molecule has 320 valence electrons. The summed E-state index contributed by atoms with van der Waals surface area (Å²) >= 11 is 0. The van der Waals surface area contributed by atoms with Crippen molar-refractivity contribution >= 4 is 5.91 Å². The van der Waals surface area contributed by atoms with Gasteiger partial charge < -0.3 is 30.2 Å². The number of amides is 1. The Morgan fingerprint density at radius 2 is 0.907 bits per heavy atom. The van der Waals surface area contributed by atoms with Crippen molar-refractivity contribution in [2.24, 2.45) is 5.73 Å². The average Bonchev–Trinajstić information content (AvgIpc) is 3.16. The van der Waals surface area contributed by atoms with Crippen LogP contribution in [-0.4, -0.2) is 92.5 Å². The molecule has 0 aromatic carbocycles. The second-order valence-electron chi connectivity index (χ2n) is 15.3. The van der Waals surface area contributed by atoms with Crippen molar-refractivity contribution in [3.63, 3.8) is 0 Å². The number of ether oxygens (including phenoxy) is 3. The fourth-order valence-electron chi connectivity index (χ4n) is 6.76. The first kappa shape index (κ1) is 52.7.